The Balaban J connectivity index is 2.00. The summed E-state index contributed by atoms with van der Waals surface area (Å²) in [7, 11) is 0. The van der Waals surface area contributed by atoms with Crippen LogP contribution in [-0.2, 0) is 17.7 Å². The van der Waals surface area contributed by atoms with E-state index in [9.17, 15) is 0 Å². The van der Waals surface area contributed by atoms with E-state index in [-0.39, 0.29) is 5.54 Å². The number of rotatable bonds is 3. The van der Waals surface area contributed by atoms with Crippen molar-refractivity contribution in [1.29, 1.82) is 0 Å². The third-order valence-corrected chi connectivity index (χ3v) is 3.06. The van der Waals surface area contributed by atoms with Crippen molar-refractivity contribution >= 4 is 0 Å². The minimum Gasteiger partial charge on any atom is -0.381 e. The molecule has 0 radical (unpaired) electrons. The maximum Gasteiger partial charge on any atom is 0.0522 e. The second-order valence-corrected chi connectivity index (χ2v) is 4.36. The highest BCUT2D eigenvalue weighted by atomic mass is 16.5. The lowest BCUT2D eigenvalue weighted by atomic mass is 9.86. The minimum atomic E-state index is -0.0835. The molecule has 1 aromatic rings. The van der Waals surface area contributed by atoms with Crippen molar-refractivity contribution in [1.82, 2.24) is 9.78 Å². The third-order valence-electron chi connectivity index (χ3n) is 3.06. The highest BCUT2D eigenvalue weighted by Crippen LogP contribution is 2.22. The monoisotopic (exact) mass is 209 g/mol. The number of ether oxygens (including phenoxy) is 1. The fraction of sp³-hybridized carbons (Fsp3) is 0.727. The number of nitrogens with zero attached hydrogens (tertiary/aromatic N) is 2. The Morgan fingerprint density at radius 2 is 2.27 bits per heavy atom. The van der Waals surface area contributed by atoms with Gasteiger partial charge in [-0.15, -0.1) is 0 Å². The van der Waals surface area contributed by atoms with Gasteiger partial charge in [0.05, 0.1) is 6.20 Å². The van der Waals surface area contributed by atoms with Gasteiger partial charge in [0.15, 0.2) is 0 Å². The molecule has 1 saturated heterocycles. The van der Waals surface area contributed by atoms with Crippen molar-refractivity contribution in [3.05, 3.63) is 18.0 Å². The van der Waals surface area contributed by atoms with E-state index in [2.05, 4.69) is 18.2 Å². The highest BCUT2D eigenvalue weighted by molar-refractivity contribution is 5.10. The summed E-state index contributed by atoms with van der Waals surface area (Å²) in [6.07, 6.45) is 6.82. The molecule has 0 atom stereocenters. The predicted octanol–water partition coefficient (Wildman–Crippen LogP) is 0.953. The van der Waals surface area contributed by atoms with Gasteiger partial charge in [0.25, 0.3) is 0 Å². The normalized spacial score (nSPS) is 20.4. The van der Waals surface area contributed by atoms with Gasteiger partial charge in [0.2, 0.25) is 0 Å². The van der Waals surface area contributed by atoms with Gasteiger partial charge < -0.3 is 10.5 Å². The Kier molecular flexibility index (Phi) is 3.07. The average molecular weight is 209 g/mol. The average Bonchev–Trinajstić information content (AvgIpc) is 2.66. The van der Waals surface area contributed by atoms with E-state index in [0.717, 1.165) is 39.0 Å². The Morgan fingerprint density at radius 1 is 1.53 bits per heavy atom. The topological polar surface area (TPSA) is 53.1 Å². The van der Waals surface area contributed by atoms with Crippen LogP contribution >= 0.6 is 0 Å². The molecule has 0 saturated carbocycles. The van der Waals surface area contributed by atoms with Crippen LogP contribution < -0.4 is 5.73 Å². The van der Waals surface area contributed by atoms with Crippen molar-refractivity contribution in [2.75, 3.05) is 13.2 Å². The largest absolute Gasteiger partial charge is 0.381 e. The molecule has 84 valence electrons. The zero-order chi connectivity index (χ0) is 10.7. The highest BCUT2D eigenvalue weighted by Gasteiger charge is 2.28. The fourth-order valence-corrected chi connectivity index (χ4v) is 2.03. The molecular formula is C11H19N3O. The van der Waals surface area contributed by atoms with Crippen molar-refractivity contribution in [2.45, 2.75) is 38.3 Å². The molecule has 0 spiro atoms. The lowest BCUT2D eigenvalue weighted by Crippen LogP contribution is -2.46. The quantitative estimate of drug-likeness (QED) is 0.806. The Bertz CT molecular complexity index is 315. The molecule has 15 heavy (non-hydrogen) atoms. The molecule has 4 heteroatoms. The van der Waals surface area contributed by atoms with Crippen molar-refractivity contribution < 1.29 is 4.74 Å². The van der Waals surface area contributed by atoms with Crippen LogP contribution in [0.4, 0.5) is 0 Å². The van der Waals surface area contributed by atoms with Crippen LogP contribution in [0.3, 0.4) is 0 Å². The van der Waals surface area contributed by atoms with Gasteiger partial charge in [-0.2, -0.15) is 5.10 Å². The number of hydrogen-bond acceptors (Lipinski definition) is 3. The van der Waals surface area contributed by atoms with E-state index in [1.54, 1.807) is 0 Å². The van der Waals surface area contributed by atoms with Crippen LogP contribution in [0.15, 0.2) is 12.4 Å². The van der Waals surface area contributed by atoms with Gasteiger partial charge >= 0.3 is 0 Å². The predicted molar refractivity (Wildman–Crippen MR) is 58.6 cm³/mol. The van der Waals surface area contributed by atoms with Crippen LogP contribution in [0.1, 0.15) is 25.3 Å². The first kappa shape index (κ1) is 10.6. The second-order valence-electron chi connectivity index (χ2n) is 4.36. The molecule has 0 amide bonds. The van der Waals surface area contributed by atoms with Gasteiger partial charge in [0.1, 0.15) is 0 Å². The first-order chi connectivity index (χ1) is 7.22. The van der Waals surface area contributed by atoms with E-state index in [1.165, 1.54) is 5.56 Å². The van der Waals surface area contributed by atoms with E-state index >= 15 is 0 Å². The standard InChI is InChI=1S/C11H19N3O/c1-2-14-9-10(8-13-14)7-11(12)3-5-15-6-4-11/h8-9H,2-7,12H2,1H3. The maximum atomic E-state index is 6.32. The van der Waals surface area contributed by atoms with Gasteiger partial charge in [0, 0.05) is 31.5 Å². The summed E-state index contributed by atoms with van der Waals surface area (Å²) in [5.41, 5.74) is 7.48. The second kappa shape index (κ2) is 4.33. The zero-order valence-electron chi connectivity index (χ0n) is 9.28. The molecular weight excluding hydrogens is 190 g/mol. The molecule has 1 aliphatic rings. The molecule has 1 fully saturated rings. The number of aryl methyl sites for hydroxylation is 1. The summed E-state index contributed by atoms with van der Waals surface area (Å²) in [5.74, 6) is 0. The summed E-state index contributed by atoms with van der Waals surface area (Å²) < 4.78 is 7.27. The lowest BCUT2D eigenvalue weighted by molar-refractivity contribution is 0.0533. The summed E-state index contributed by atoms with van der Waals surface area (Å²) in [6.45, 7) is 4.58. The van der Waals surface area contributed by atoms with Gasteiger partial charge in [-0.3, -0.25) is 4.68 Å². The molecule has 4 nitrogen and oxygen atoms in total. The lowest BCUT2D eigenvalue weighted by Gasteiger charge is -2.32. The van der Waals surface area contributed by atoms with Gasteiger partial charge in [-0.1, -0.05) is 0 Å². The van der Waals surface area contributed by atoms with Gasteiger partial charge in [-0.25, -0.2) is 0 Å². The number of aromatic nitrogens is 2. The molecule has 2 rings (SSSR count). The smallest absolute Gasteiger partial charge is 0.0522 e. The molecule has 1 aromatic heterocycles. The molecule has 2 N–H and O–H groups in total. The molecule has 0 aromatic carbocycles. The summed E-state index contributed by atoms with van der Waals surface area (Å²) >= 11 is 0. The van der Waals surface area contributed by atoms with Crippen molar-refractivity contribution in [3.63, 3.8) is 0 Å². The molecule has 0 aliphatic carbocycles. The summed E-state index contributed by atoms with van der Waals surface area (Å²) in [5, 5.41) is 4.26. The van der Waals surface area contributed by atoms with E-state index in [0.29, 0.717) is 0 Å². The molecule has 0 unspecified atom stereocenters. The summed E-state index contributed by atoms with van der Waals surface area (Å²) in [6, 6.07) is 0. The molecule has 2 heterocycles. The Labute approximate surface area is 90.4 Å². The van der Waals surface area contributed by atoms with Gasteiger partial charge in [-0.05, 0) is 31.7 Å². The van der Waals surface area contributed by atoms with E-state index in [4.69, 9.17) is 10.5 Å². The number of nitrogens with two attached hydrogens (primary N) is 1. The Hall–Kier alpha value is -0.870. The minimum absolute atomic E-state index is 0.0835. The third kappa shape index (κ3) is 2.58. The molecule has 0 bridgehead atoms. The van der Waals surface area contributed by atoms with Crippen LogP contribution in [-0.4, -0.2) is 28.5 Å². The van der Waals surface area contributed by atoms with Crippen molar-refractivity contribution in [3.8, 4) is 0 Å². The van der Waals surface area contributed by atoms with Crippen LogP contribution in [0, 0.1) is 0 Å². The van der Waals surface area contributed by atoms with Crippen LogP contribution in [0.2, 0.25) is 0 Å². The van der Waals surface area contributed by atoms with Crippen LogP contribution in [0.5, 0.6) is 0 Å². The van der Waals surface area contributed by atoms with Crippen LogP contribution in [0.25, 0.3) is 0 Å². The first-order valence-electron chi connectivity index (χ1n) is 5.60. The Morgan fingerprint density at radius 3 is 2.87 bits per heavy atom. The SMILES string of the molecule is CCn1cc(CC2(N)CCOCC2)cn1. The first-order valence-corrected chi connectivity index (χ1v) is 5.60. The number of hydrogen-bond donors (Lipinski definition) is 1. The zero-order valence-corrected chi connectivity index (χ0v) is 9.28. The maximum absolute atomic E-state index is 6.32. The van der Waals surface area contributed by atoms with E-state index in [1.807, 2.05) is 10.9 Å². The summed E-state index contributed by atoms with van der Waals surface area (Å²) in [4.78, 5) is 0. The van der Waals surface area contributed by atoms with Crippen molar-refractivity contribution in [2.24, 2.45) is 5.73 Å². The molecule has 1 aliphatic heterocycles. The van der Waals surface area contributed by atoms with E-state index < -0.39 is 0 Å². The fourth-order valence-electron chi connectivity index (χ4n) is 2.03.